The van der Waals surface area contributed by atoms with Crippen LogP contribution in [-0.4, -0.2) is 24.2 Å². The summed E-state index contributed by atoms with van der Waals surface area (Å²) in [4.78, 5) is 23.7. The lowest BCUT2D eigenvalue weighted by atomic mass is 10.1. The van der Waals surface area contributed by atoms with Gasteiger partial charge in [-0.15, -0.1) is 11.8 Å². The fourth-order valence-electron chi connectivity index (χ4n) is 2.17. The van der Waals surface area contributed by atoms with Crippen LogP contribution in [0.5, 0.6) is 0 Å². The molecule has 0 aliphatic carbocycles. The zero-order valence-electron chi connectivity index (χ0n) is 13.9. The number of anilines is 1. The molecule has 0 aliphatic heterocycles. The normalized spacial score (nSPS) is 10.2. The summed E-state index contributed by atoms with van der Waals surface area (Å²) in [5.74, 6) is 0.781. The Balaban J connectivity index is 1.86. The van der Waals surface area contributed by atoms with Crippen LogP contribution in [0.25, 0.3) is 0 Å². The van der Waals surface area contributed by atoms with Gasteiger partial charge in [-0.05, 0) is 43.2 Å². The highest BCUT2D eigenvalue weighted by atomic mass is 32.2. The minimum absolute atomic E-state index is 0.0529. The van der Waals surface area contributed by atoms with Crippen LogP contribution in [-0.2, 0) is 15.3 Å². The molecule has 0 aliphatic rings. The summed E-state index contributed by atoms with van der Waals surface area (Å²) in [6.07, 6.45) is 0. The zero-order valence-corrected chi connectivity index (χ0v) is 14.7. The van der Waals surface area contributed by atoms with Crippen LogP contribution in [0, 0.1) is 6.92 Å². The summed E-state index contributed by atoms with van der Waals surface area (Å²) in [5.41, 5.74) is 3.24. The second-order valence-corrected chi connectivity index (χ2v) is 6.26. The number of aryl methyl sites for hydroxylation is 1. The maximum absolute atomic E-state index is 12.1. The number of rotatable bonds is 7. The van der Waals surface area contributed by atoms with E-state index in [1.165, 1.54) is 5.56 Å². The molecular weight excluding hydrogens is 322 g/mol. The molecule has 0 saturated carbocycles. The number of benzene rings is 2. The number of carbonyl (C=O) groups excluding carboxylic acids is 2. The molecule has 0 radical (unpaired) electrons. The third-order valence-electron chi connectivity index (χ3n) is 3.36. The van der Waals surface area contributed by atoms with Crippen molar-refractivity contribution in [2.75, 3.05) is 17.7 Å². The smallest absolute Gasteiger partial charge is 0.338 e. The lowest BCUT2D eigenvalue weighted by Gasteiger charge is -2.10. The number of nitrogens with one attached hydrogen (secondary N) is 1. The predicted octanol–water partition coefficient (Wildman–Crippen LogP) is 4.04. The number of hydrogen-bond acceptors (Lipinski definition) is 4. The predicted molar refractivity (Wildman–Crippen MR) is 98.4 cm³/mol. The first-order chi connectivity index (χ1) is 11.6. The van der Waals surface area contributed by atoms with Gasteiger partial charge in [0.1, 0.15) is 0 Å². The molecule has 0 heterocycles. The largest absolute Gasteiger partial charge is 0.462 e. The van der Waals surface area contributed by atoms with Gasteiger partial charge in [-0.3, -0.25) is 4.79 Å². The van der Waals surface area contributed by atoms with Crippen molar-refractivity contribution in [2.24, 2.45) is 0 Å². The summed E-state index contributed by atoms with van der Waals surface area (Å²) < 4.78 is 4.97. The Hall–Kier alpha value is -2.27. The van der Waals surface area contributed by atoms with Gasteiger partial charge in [0.15, 0.2) is 0 Å². The van der Waals surface area contributed by atoms with Crippen molar-refractivity contribution in [3.8, 4) is 0 Å². The van der Waals surface area contributed by atoms with E-state index in [-0.39, 0.29) is 11.9 Å². The molecule has 2 aromatic rings. The van der Waals surface area contributed by atoms with E-state index in [0.29, 0.717) is 23.6 Å². The molecule has 0 fully saturated rings. The first kappa shape index (κ1) is 18.1. The number of ether oxygens (including phenoxy) is 1. The number of carbonyl (C=O) groups is 2. The monoisotopic (exact) mass is 343 g/mol. The van der Waals surface area contributed by atoms with Crippen LogP contribution in [0.15, 0.2) is 48.5 Å². The Morgan fingerprint density at radius 2 is 1.88 bits per heavy atom. The number of amides is 1. The standard InChI is InChI=1S/C19H21NO3S/c1-3-23-19(22)16-9-10-17(14(2)11-16)20-18(21)13-24-12-15-7-5-4-6-8-15/h4-11H,3,12-13H2,1-2H3,(H,20,21). The summed E-state index contributed by atoms with van der Waals surface area (Å²) in [6, 6.07) is 15.2. The molecule has 0 unspecified atom stereocenters. The van der Waals surface area contributed by atoms with Gasteiger partial charge in [-0.25, -0.2) is 4.79 Å². The Labute approximate surface area is 146 Å². The van der Waals surface area contributed by atoms with Crippen molar-refractivity contribution in [1.29, 1.82) is 0 Å². The van der Waals surface area contributed by atoms with Gasteiger partial charge in [0.2, 0.25) is 5.91 Å². The molecule has 5 heteroatoms. The second-order valence-electron chi connectivity index (χ2n) is 5.28. The minimum Gasteiger partial charge on any atom is -0.462 e. The van der Waals surface area contributed by atoms with Gasteiger partial charge in [0.05, 0.1) is 17.9 Å². The van der Waals surface area contributed by atoms with E-state index < -0.39 is 0 Å². The van der Waals surface area contributed by atoms with Gasteiger partial charge in [-0.1, -0.05) is 30.3 Å². The SMILES string of the molecule is CCOC(=O)c1ccc(NC(=O)CSCc2ccccc2)c(C)c1. The van der Waals surface area contributed by atoms with Crippen LogP contribution in [0.3, 0.4) is 0 Å². The summed E-state index contributed by atoms with van der Waals surface area (Å²) in [5, 5.41) is 2.88. The molecule has 126 valence electrons. The van der Waals surface area contributed by atoms with E-state index in [2.05, 4.69) is 5.32 Å². The third-order valence-corrected chi connectivity index (χ3v) is 4.36. The molecule has 0 saturated heterocycles. The van der Waals surface area contributed by atoms with Crippen LogP contribution in [0.4, 0.5) is 5.69 Å². The maximum atomic E-state index is 12.1. The van der Waals surface area contributed by atoms with Crippen molar-refractivity contribution < 1.29 is 14.3 Å². The van der Waals surface area contributed by atoms with Crippen molar-refractivity contribution in [3.63, 3.8) is 0 Å². The number of esters is 1. The summed E-state index contributed by atoms with van der Waals surface area (Å²) in [7, 11) is 0. The first-order valence-electron chi connectivity index (χ1n) is 7.79. The fraction of sp³-hybridized carbons (Fsp3) is 0.263. The van der Waals surface area contributed by atoms with Crippen LogP contribution in [0.2, 0.25) is 0 Å². The lowest BCUT2D eigenvalue weighted by molar-refractivity contribution is -0.113. The Bertz CT molecular complexity index is 701. The Kier molecular flexibility index (Phi) is 6.88. The van der Waals surface area contributed by atoms with Gasteiger partial charge in [-0.2, -0.15) is 0 Å². The highest BCUT2D eigenvalue weighted by Gasteiger charge is 2.10. The van der Waals surface area contributed by atoms with Gasteiger partial charge in [0, 0.05) is 11.4 Å². The van der Waals surface area contributed by atoms with Gasteiger partial charge in [0.25, 0.3) is 0 Å². The summed E-state index contributed by atoms with van der Waals surface area (Å²) in [6.45, 7) is 3.97. The summed E-state index contributed by atoms with van der Waals surface area (Å²) >= 11 is 1.57. The fourth-order valence-corrected chi connectivity index (χ4v) is 2.96. The molecule has 24 heavy (non-hydrogen) atoms. The average molecular weight is 343 g/mol. The maximum Gasteiger partial charge on any atom is 0.338 e. The Morgan fingerprint density at radius 3 is 2.54 bits per heavy atom. The van der Waals surface area contributed by atoms with Crippen LogP contribution in [0.1, 0.15) is 28.4 Å². The van der Waals surface area contributed by atoms with Crippen molar-refractivity contribution in [2.45, 2.75) is 19.6 Å². The second kappa shape index (κ2) is 9.13. The van der Waals surface area contributed by atoms with Crippen molar-refractivity contribution >= 4 is 29.3 Å². The molecule has 0 bridgehead atoms. The van der Waals surface area contributed by atoms with E-state index >= 15 is 0 Å². The molecule has 0 spiro atoms. The van der Waals surface area contributed by atoms with Crippen molar-refractivity contribution in [1.82, 2.24) is 0 Å². The molecule has 2 rings (SSSR count). The topological polar surface area (TPSA) is 55.4 Å². The van der Waals surface area contributed by atoms with Crippen LogP contribution < -0.4 is 5.32 Å². The highest BCUT2D eigenvalue weighted by molar-refractivity contribution is 7.99. The zero-order chi connectivity index (χ0) is 17.4. The van der Waals surface area contributed by atoms with Crippen molar-refractivity contribution in [3.05, 3.63) is 65.2 Å². The van der Waals surface area contributed by atoms with E-state index in [4.69, 9.17) is 4.74 Å². The lowest BCUT2D eigenvalue weighted by Crippen LogP contribution is -2.15. The van der Waals surface area contributed by atoms with E-state index in [1.54, 1.807) is 36.9 Å². The van der Waals surface area contributed by atoms with E-state index in [9.17, 15) is 9.59 Å². The van der Waals surface area contributed by atoms with Gasteiger partial charge >= 0.3 is 5.97 Å². The molecule has 0 aromatic heterocycles. The minimum atomic E-state index is -0.350. The molecule has 4 nitrogen and oxygen atoms in total. The highest BCUT2D eigenvalue weighted by Crippen LogP contribution is 2.18. The van der Waals surface area contributed by atoms with Gasteiger partial charge < -0.3 is 10.1 Å². The quantitative estimate of drug-likeness (QED) is 0.771. The first-order valence-corrected chi connectivity index (χ1v) is 8.95. The molecule has 2 aromatic carbocycles. The average Bonchev–Trinajstić information content (AvgIpc) is 2.58. The Morgan fingerprint density at radius 1 is 1.12 bits per heavy atom. The molecule has 1 amide bonds. The third kappa shape index (κ3) is 5.42. The van der Waals surface area contributed by atoms with E-state index in [1.807, 2.05) is 37.3 Å². The van der Waals surface area contributed by atoms with Crippen LogP contribution >= 0.6 is 11.8 Å². The number of hydrogen-bond donors (Lipinski definition) is 1. The molecule has 0 atom stereocenters. The molecule has 1 N–H and O–H groups in total. The molecular formula is C19H21NO3S. The van der Waals surface area contributed by atoms with E-state index in [0.717, 1.165) is 11.3 Å². The number of thioether (sulfide) groups is 1.